The van der Waals surface area contributed by atoms with Crippen LogP contribution >= 0.6 is 0 Å². The zero-order valence-electron chi connectivity index (χ0n) is 9.60. The van der Waals surface area contributed by atoms with Gasteiger partial charge in [-0.25, -0.2) is 0 Å². The van der Waals surface area contributed by atoms with Crippen molar-refractivity contribution in [2.45, 2.75) is 12.4 Å². The lowest BCUT2D eigenvalue weighted by Gasteiger charge is -2.13. The van der Waals surface area contributed by atoms with E-state index in [1.807, 2.05) is 0 Å². The van der Waals surface area contributed by atoms with Crippen LogP contribution in [0.15, 0.2) is 30.5 Å². The molecule has 0 saturated carbocycles. The van der Waals surface area contributed by atoms with Crippen molar-refractivity contribution in [3.63, 3.8) is 0 Å². The summed E-state index contributed by atoms with van der Waals surface area (Å²) in [6.07, 6.45) is 1.44. The molecule has 1 heterocycles. The van der Waals surface area contributed by atoms with Crippen LogP contribution < -0.4 is 4.18 Å². The lowest BCUT2D eigenvalue weighted by Crippen LogP contribution is -2.28. The van der Waals surface area contributed by atoms with Crippen molar-refractivity contribution in [2.75, 3.05) is 0 Å². The highest BCUT2D eigenvalue weighted by Crippen LogP contribution is 2.33. The zero-order chi connectivity index (χ0) is 14.3. The summed E-state index contributed by atoms with van der Waals surface area (Å²) in [5.74, 6) is -0.358. The van der Waals surface area contributed by atoms with Gasteiger partial charge >= 0.3 is 15.6 Å². The number of fused-ring (bicyclic) bond motifs is 1. The number of rotatable bonds is 2. The van der Waals surface area contributed by atoms with E-state index in [1.54, 1.807) is 6.07 Å². The lowest BCUT2D eigenvalue weighted by atomic mass is 10.1. The Morgan fingerprint density at radius 2 is 1.89 bits per heavy atom. The Labute approximate surface area is 107 Å². The Kier molecular flexibility index (Phi) is 3.13. The molecule has 1 aromatic heterocycles. The van der Waals surface area contributed by atoms with Crippen molar-refractivity contribution in [3.8, 4) is 5.75 Å². The van der Waals surface area contributed by atoms with Crippen molar-refractivity contribution in [1.82, 2.24) is 4.98 Å². The molecule has 0 unspecified atom stereocenters. The smallest absolute Gasteiger partial charge is 0.375 e. The topological polar surface area (TPSA) is 56.3 Å². The minimum atomic E-state index is -5.69. The number of alkyl halides is 3. The van der Waals surface area contributed by atoms with Gasteiger partial charge in [-0.1, -0.05) is 6.07 Å². The average Bonchev–Trinajstić information content (AvgIpc) is 2.31. The summed E-state index contributed by atoms with van der Waals surface area (Å²) in [6.45, 7) is 1.45. The lowest BCUT2D eigenvalue weighted by molar-refractivity contribution is -0.0499. The molecule has 0 aliphatic heterocycles. The zero-order valence-corrected chi connectivity index (χ0v) is 10.4. The number of aromatic nitrogens is 1. The highest BCUT2D eigenvalue weighted by Gasteiger charge is 2.48. The first-order valence-electron chi connectivity index (χ1n) is 5.07. The molecular weight excluding hydrogens is 283 g/mol. The van der Waals surface area contributed by atoms with Crippen LogP contribution in [-0.4, -0.2) is 18.9 Å². The van der Waals surface area contributed by atoms with Crippen LogP contribution in [0.5, 0.6) is 5.75 Å². The van der Waals surface area contributed by atoms with Gasteiger partial charge in [0.2, 0.25) is 0 Å². The maximum Gasteiger partial charge on any atom is 0.534 e. The first-order chi connectivity index (χ1) is 8.72. The molecule has 2 aromatic rings. The fourth-order valence-corrected chi connectivity index (χ4v) is 2.04. The van der Waals surface area contributed by atoms with E-state index in [0.29, 0.717) is 5.52 Å². The molecule has 19 heavy (non-hydrogen) atoms. The van der Waals surface area contributed by atoms with Gasteiger partial charge in [0.15, 0.2) is 5.75 Å². The molecule has 0 spiro atoms. The van der Waals surface area contributed by atoms with Crippen LogP contribution in [0.4, 0.5) is 13.2 Å². The summed E-state index contributed by atoms with van der Waals surface area (Å²) in [6, 6.07) is 5.93. The standard InChI is InChI=1S/C11H8F3NO3S/c1-7-4-5-9-8(3-2-6-15-9)10(7)18-19(16,17)11(12,13)14/h2-6H,1H3. The molecule has 0 aliphatic rings. The van der Waals surface area contributed by atoms with Gasteiger partial charge in [0.05, 0.1) is 5.52 Å². The van der Waals surface area contributed by atoms with Crippen molar-refractivity contribution < 1.29 is 25.8 Å². The van der Waals surface area contributed by atoms with E-state index in [-0.39, 0.29) is 16.7 Å². The van der Waals surface area contributed by atoms with Gasteiger partial charge in [-0.15, -0.1) is 0 Å². The predicted octanol–water partition coefficient (Wildman–Crippen LogP) is 2.77. The van der Waals surface area contributed by atoms with Crippen LogP contribution in [-0.2, 0) is 10.1 Å². The average molecular weight is 291 g/mol. The van der Waals surface area contributed by atoms with Crippen LogP contribution in [0, 0.1) is 6.92 Å². The molecule has 0 radical (unpaired) electrons. The first-order valence-corrected chi connectivity index (χ1v) is 6.48. The molecule has 0 N–H and O–H groups in total. The molecule has 4 nitrogen and oxygen atoms in total. The summed E-state index contributed by atoms with van der Waals surface area (Å²) in [4.78, 5) is 3.92. The highest BCUT2D eigenvalue weighted by molar-refractivity contribution is 7.88. The van der Waals surface area contributed by atoms with E-state index in [4.69, 9.17) is 0 Å². The SMILES string of the molecule is Cc1ccc2ncccc2c1OS(=O)(=O)C(F)(F)F. The summed E-state index contributed by atoms with van der Waals surface area (Å²) in [5.41, 5.74) is -4.85. The van der Waals surface area contributed by atoms with E-state index < -0.39 is 15.6 Å². The maximum absolute atomic E-state index is 12.3. The van der Waals surface area contributed by atoms with Gasteiger partial charge in [0.1, 0.15) is 0 Å². The number of hydrogen-bond donors (Lipinski definition) is 0. The third kappa shape index (κ3) is 2.48. The van der Waals surface area contributed by atoms with Crippen molar-refractivity contribution >= 4 is 21.0 Å². The minimum absolute atomic E-state index is 0.204. The first kappa shape index (κ1) is 13.6. The van der Waals surface area contributed by atoms with Crippen LogP contribution in [0.25, 0.3) is 10.9 Å². The number of pyridine rings is 1. The van der Waals surface area contributed by atoms with E-state index in [0.717, 1.165) is 0 Å². The van der Waals surface area contributed by atoms with Gasteiger partial charge in [0, 0.05) is 11.6 Å². The van der Waals surface area contributed by atoms with E-state index >= 15 is 0 Å². The maximum atomic E-state index is 12.3. The van der Waals surface area contributed by atoms with E-state index in [9.17, 15) is 21.6 Å². The number of hydrogen-bond acceptors (Lipinski definition) is 4. The Balaban J connectivity index is 2.61. The summed E-state index contributed by atoms with van der Waals surface area (Å²) in [7, 11) is -5.69. The van der Waals surface area contributed by atoms with E-state index in [2.05, 4.69) is 9.17 Å². The molecule has 102 valence electrons. The number of nitrogens with zero attached hydrogens (tertiary/aromatic N) is 1. The molecule has 0 fully saturated rings. The number of benzene rings is 1. The molecule has 0 bridgehead atoms. The normalized spacial score (nSPS) is 12.6. The van der Waals surface area contributed by atoms with Crippen LogP contribution in [0.2, 0.25) is 0 Å². The van der Waals surface area contributed by atoms with Gasteiger partial charge < -0.3 is 4.18 Å². The molecule has 1 aromatic carbocycles. The second-order valence-corrected chi connectivity index (χ2v) is 5.30. The second-order valence-electron chi connectivity index (χ2n) is 3.76. The van der Waals surface area contributed by atoms with Gasteiger partial charge in [-0.3, -0.25) is 4.98 Å². The van der Waals surface area contributed by atoms with Crippen molar-refractivity contribution in [1.29, 1.82) is 0 Å². The van der Waals surface area contributed by atoms with E-state index in [1.165, 1.54) is 31.3 Å². The Morgan fingerprint density at radius 3 is 2.53 bits per heavy atom. The monoisotopic (exact) mass is 291 g/mol. The molecule has 0 saturated heterocycles. The molecule has 8 heteroatoms. The molecule has 0 atom stereocenters. The van der Waals surface area contributed by atoms with Crippen LogP contribution in [0.1, 0.15) is 5.56 Å². The Morgan fingerprint density at radius 1 is 1.21 bits per heavy atom. The Hall–Kier alpha value is -1.83. The fourth-order valence-electron chi connectivity index (χ4n) is 1.50. The molecule has 2 rings (SSSR count). The molecule has 0 amide bonds. The minimum Gasteiger partial charge on any atom is -0.375 e. The Bertz CT molecular complexity index is 726. The fraction of sp³-hybridized carbons (Fsp3) is 0.182. The summed E-state index contributed by atoms with van der Waals surface area (Å²) < 4.78 is 63.3. The van der Waals surface area contributed by atoms with Gasteiger partial charge in [-0.05, 0) is 30.7 Å². The van der Waals surface area contributed by atoms with Crippen molar-refractivity contribution in [2.24, 2.45) is 0 Å². The largest absolute Gasteiger partial charge is 0.534 e. The predicted molar refractivity (Wildman–Crippen MR) is 62.1 cm³/mol. The highest BCUT2D eigenvalue weighted by atomic mass is 32.2. The second kappa shape index (κ2) is 4.37. The van der Waals surface area contributed by atoms with Crippen molar-refractivity contribution in [3.05, 3.63) is 36.0 Å². The van der Waals surface area contributed by atoms with Gasteiger partial charge in [-0.2, -0.15) is 21.6 Å². The third-order valence-electron chi connectivity index (χ3n) is 2.41. The number of aryl methyl sites for hydroxylation is 1. The summed E-state index contributed by atoms with van der Waals surface area (Å²) >= 11 is 0. The molecule has 0 aliphatic carbocycles. The summed E-state index contributed by atoms with van der Waals surface area (Å²) in [5, 5.41) is 0.204. The molecular formula is C11H8F3NO3S. The third-order valence-corrected chi connectivity index (χ3v) is 3.36. The van der Waals surface area contributed by atoms with Gasteiger partial charge in [0.25, 0.3) is 0 Å². The number of halogens is 3. The van der Waals surface area contributed by atoms with Crippen LogP contribution in [0.3, 0.4) is 0 Å². The quantitative estimate of drug-likeness (QED) is 0.630.